The molecule has 1 aliphatic rings. The lowest BCUT2D eigenvalue weighted by Crippen LogP contribution is -2.32. The number of ether oxygens (including phenoxy) is 1. The number of nitrogens with one attached hydrogen (secondary N) is 2. The van der Waals surface area contributed by atoms with Crippen LogP contribution in [0.4, 0.5) is 11.4 Å². The quantitative estimate of drug-likeness (QED) is 0.455. The lowest BCUT2D eigenvalue weighted by molar-refractivity contribution is -0.113. The molecular weight excluding hydrogens is 456 g/mol. The molecule has 0 bridgehead atoms. The average molecular weight is 487 g/mol. The van der Waals surface area contributed by atoms with Crippen LogP contribution in [-0.2, 0) is 10.5 Å². The number of carbonyl (C=O) groups is 1. The number of carbonyl (C=O) groups excluding carboxylic acids is 1. The van der Waals surface area contributed by atoms with Crippen molar-refractivity contribution in [1.29, 1.82) is 0 Å². The van der Waals surface area contributed by atoms with E-state index in [2.05, 4.69) is 27.7 Å². The van der Waals surface area contributed by atoms with Gasteiger partial charge in [0, 0.05) is 36.9 Å². The molecule has 35 heavy (non-hydrogen) atoms. The molecule has 0 unspecified atom stereocenters. The molecule has 7 heteroatoms. The Kier molecular flexibility index (Phi) is 7.77. The molecule has 0 saturated heterocycles. The first-order valence-corrected chi connectivity index (χ1v) is 12.4. The second-order valence-electron chi connectivity index (χ2n) is 8.44. The third-order valence-electron chi connectivity index (χ3n) is 5.75. The third kappa shape index (κ3) is 6.05. The molecule has 6 nitrogen and oxygen atoms in total. The van der Waals surface area contributed by atoms with Crippen LogP contribution >= 0.6 is 11.8 Å². The Hall–Kier alpha value is -3.71. The molecule has 1 heterocycles. The summed E-state index contributed by atoms with van der Waals surface area (Å²) in [6.07, 6.45) is 0. The number of aliphatic imine (C=N–C) groups is 1. The summed E-state index contributed by atoms with van der Waals surface area (Å²) >= 11 is 1.62. The van der Waals surface area contributed by atoms with Crippen molar-refractivity contribution in [1.82, 2.24) is 5.32 Å². The average Bonchev–Trinajstić information content (AvgIpc) is 2.88. The van der Waals surface area contributed by atoms with Crippen LogP contribution in [0.15, 0.2) is 95.1 Å². The number of hydrogen-bond acceptors (Lipinski definition) is 6. The van der Waals surface area contributed by atoms with E-state index >= 15 is 0 Å². The van der Waals surface area contributed by atoms with E-state index in [0.717, 1.165) is 39.3 Å². The van der Waals surface area contributed by atoms with Crippen molar-refractivity contribution < 1.29 is 9.53 Å². The second-order valence-corrected chi connectivity index (χ2v) is 9.41. The maximum Gasteiger partial charge on any atom is 0.255 e. The number of benzene rings is 3. The summed E-state index contributed by atoms with van der Waals surface area (Å²) in [4.78, 5) is 20.4. The van der Waals surface area contributed by atoms with Crippen LogP contribution in [0.1, 0.15) is 24.1 Å². The maximum absolute atomic E-state index is 13.4. The zero-order valence-corrected chi connectivity index (χ0v) is 21.2. The minimum absolute atomic E-state index is 0.161. The Balaban J connectivity index is 1.60. The maximum atomic E-state index is 13.4. The lowest BCUT2D eigenvalue weighted by atomic mass is 9.95. The summed E-state index contributed by atoms with van der Waals surface area (Å²) in [6.45, 7) is 1.93. The third-order valence-corrected chi connectivity index (χ3v) is 6.71. The predicted molar refractivity (Wildman–Crippen MR) is 146 cm³/mol. The standard InChI is InChI=1S/C28H30N4O2S/c1-19-25(27(33)30-22-8-6-5-7-9-22)26(21-12-14-23(15-13-21)32(2)3)31-28(29-19)35-18-20-10-16-24(34-4)17-11-20/h5-17,26H,18H2,1-4H3,(H,29,31)(H,30,33)/t26-/m0/s1. The van der Waals surface area contributed by atoms with E-state index in [1.807, 2.05) is 87.7 Å². The molecule has 4 rings (SSSR count). The highest BCUT2D eigenvalue weighted by Crippen LogP contribution is 2.34. The van der Waals surface area contributed by atoms with Gasteiger partial charge in [0.1, 0.15) is 11.8 Å². The van der Waals surface area contributed by atoms with Crippen LogP contribution < -0.4 is 20.3 Å². The van der Waals surface area contributed by atoms with Gasteiger partial charge in [-0.2, -0.15) is 0 Å². The molecule has 180 valence electrons. The molecule has 0 radical (unpaired) electrons. The van der Waals surface area contributed by atoms with Gasteiger partial charge in [0.05, 0.1) is 12.7 Å². The van der Waals surface area contributed by atoms with Gasteiger partial charge < -0.3 is 20.3 Å². The fourth-order valence-electron chi connectivity index (χ4n) is 3.80. The summed E-state index contributed by atoms with van der Waals surface area (Å²) < 4.78 is 5.25. The number of hydrogen-bond donors (Lipinski definition) is 2. The molecule has 0 fully saturated rings. The monoisotopic (exact) mass is 486 g/mol. The lowest BCUT2D eigenvalue weighted by Gasteiger charge is -2.27. The van der Waals surface area contributed by atoms with Gasteiger partial charge in [-0.05, 0) is 54.4 Å². The number of nitrogens with zero attached hydrogens (tertiary/aromatic N) is 2. The Morgan fingerprint density at radius 3 is 2.34 bits per heavy atom. The summed E-state index contributed by atoms with van der Waals surface area (Å²) in [7, 11) is 5.68. The van der Waals surface area contributed by atoms with Gasteiger partial charge in [0.25, 0.3) is 5.91 Å². The largest absolute Gasteiger partial charge is 0.497 e. The highest BCUT2D eigenvalue weighted by Gasteiger charge is 2.29. The Morgan fingerprint density at radius 1 is 1.03 bits per heavy atom. The topological polar surface area (TPSA) is 66.0 Å². The van der Waals surface area contributed by atoms with E-state index in [4.69, 9.17) is 9.73 Å². The SMILES string of the molecule is COc1ccc(CSC2=N[C@@H](c3ccc(N(C)C)cc3)C(C(=O)Nc3ccccc3)=C(C)N2)cc1. The summed E-state index contributed by atoms with van der Waals surface area (Å²) in [5.74, 6) is 1.42. The number of allylic oxidation sites excluding steroid dienone is 1. The van der Waals surface area contributed by atoms with E-state index in [1.165, 1.54) is 5.56 Å². The molecule has 0 aromatic heterocycles. The van der Waals surface area contributed by atoms with Gasteiger partial charge >= 0.3 is 0 Å². The molecule has 0 aliphatic carbocycles. The smallest absolute Gasteiger partial charge is 0.255 e. The normalized spacial score (nSPS) is 15.2. The molecule has 1 amide bonds. The number of anilines is 2. The fourth-order valence-corrected chi connectivity index (χ4v) is 4.71. The van der Waals surface area contributed by atoms with Crippen molar-refractivity contribution in [3.05, 3.63) is 101 Å². The van der Waals surface area contributed by atoms with E-state index in [9.17, 15) is 4.79 Å². The fraction of sp³-hybridized carbons (Fsp3) is 0.214. The zero-order valence-electron chi connectivity index (χ0n) is 20.4. The Bertz CT molecular complexity index is 1220. The summed E-state index contributed by atoms with van der Waals surface area (Å²) in [5.41, 5.74) is 5.39. The molecule has 1 atom stereocenters. The zero-order chi connectivity index (χ0) is 24.8. The van der Waals surface area contributed by atoms with Crippen molar-refractivity contribution in [2.75, 3.05) is 31.4 Å². The minimum atomic E-state index is -0.408. The van der Waals surface area contributed by atoms with Crippen molar-refractivity contribution in [2.45, 2.75) is 18.7 Å². The first-order chi connectivity index (χ1) is 16.9. The van der Waals surface area contributed by atoms with Gasteiger partial charge in [0.2, 0.25) is 0 Å². The van der Waals surface area contributed by atoms with Crippen LogP contribution in [0.3, 0.4) is 0 Å². The minimum Gasteiger partial charge on any atom is -0.497 e. The number of rotatable bonds is 7. The van der Waals surface area contributed by atoms with Crippen LogP contribution in [0.2, 0.25) is 0 Å². The first-order valence-electron chi connectivity index (χ1n) is 11.4. The van der Waals surface area contributed by atoms with Gasteiger partial charge in [-0.25, -0.2) is 4.99 Å². The van der Waals surface area contributed by atoms with Crippen LogP contribution in [0.25, 0.3) is 0 Å². The van der Waals surface area contributed by atoms with Crippen molar-refractivity contribution >= 4 is 34.2 Å². The Labute approximate surface area is 211 Å². The van der Waals surface area contributed by atoms with E-state index in [-0.39, 0.29) is 5.91 Å². The summed E-state index contributed by atoms with van der Waals surface area (Å²) in [5, 5.41) is 7.16. The molecule has 1 aliphatic heterocycles. The first kappa shape index (κ1) is 24.4. The Morgan fingerprint density at radius 2 is 1.71 bits per heavy atom. The highest BCUT2D eigenvalue weighted by atomic mass is 32.2. The predicted octanol–water partition coefficient (Wildman–Crippen LogP) is 5.61. The van der Waals surface area contributed by atoms with Crippen LogP contribution in [0, 0.1) is 0 Å². The van der Waals surface area contributed by atoms with Gasteiger partial charge in [-0.1, -0.05) is 54.2 Å². The van der Waals surface area contributed by atoms with Crippen molar-refractivity contribution in [3.8, 4) is 5.75 Å². The molecular formula is C28H30N4O2S. The number of methoxy groups -OCH3 is 1. The van der Waals surface area contributed by atoms with Gasteiger partial charge in [-0.15, -0.1) is 0 Å². The van der Waals surface area contributed by atoms with Gasteiger partial charge in [-0.3, -0.25) is 4.79 Å². The molecule has 2 N–H and O–H groups in total. The molecule has 0 saturated carbocycles. The van der Waals surface area contributed by atoms with E-state index < -0.39 is 6.04 Å². The van der Waals surface area contributed by atoms with Gasteiger partial charge in [0.15, 0.2) is 5.17 Å². The number of amidine groups is 1. The highest BCUT2D eigenvalue weighted by molar-refractivity contribution is 8.13. The van der Waals surface area contributed by atoms with E-state index in [1.54, 1.807) is 18.9 Å². The van der Waals surface area contributed by atoms with E-state index in [0.29, 0.717) is 5.57 Å². The van der Waals surface area contributed by atoms with Crippen LogP contribution in [-0.4, -0.2) is 32.3 Å². The number of thioether (sulfide) groups is 1. The number of para-hydroxylation sites is 1. The number of amides is 1. The summed E-state index contributed by atoms with van der Waals surface area (Å²) in [6, 6.07) is 25.3. The van der Waals surface area contributed by atoms with Crippen LogP contribution in [0.5, 0.6) is 5.75 Å². The second kappa shape index (κ2) is 11.1. The molecule has 3 aromatic rings. The molecule has 3 aromatic carbocycles. The molecule has 0 spiro atoms. The van der Waals surface area contributed by atoms with Crippen molar-refractivity contribution in [3.63, 3.8) is 0 Å². The van der Waals surface area contributed by atoms with Crippen molar-refractivity contribution in [2.24, 2.45) is 4.99 Å².